The van der Waals surface area contributed by atoms with Crippen molar-refractivity contribution >= 4 is 11.6 Å². The van der Waals surface area contributed by atoms with E-state index in [1.807, 2.05) is 50.2 Å². The molecule has 2 rings (SSSR count). The molecule has 0 aromatic heterocycles. The summed E-state index contributed by atoms with van der Waals surface area (Å²) in [6.07, 6.45) is 0. The number of hydrogen-bond donors (Lipinski definition) is 2. The highest BCUT2D eigenvalue weighted by atomic mass is 16.2. The minimum atomic E-state index is -0.0523. The number of carbonyl (C=O) groups excluding carboxylic acids is 1. The molecule has 0 heterocycles. The first-order valence-corrected chi connectivity index (χ1v) is 6.89. The predicted molar refractivity (Wildman–Crippen MR) is 86.0 cm³/mol. The fraction of sp³-hybridized carbons (Fsp3) is 0.235. The Morgan fingerprint density at radius 2 is 1.71 bits per heavy atom. The molecule has 0 atom stereocenters. The van der Waals surface area contributed by atoms with Crippen LogP contribution in [0, 0.1) is 13.8 Å². The van der Waals surface area contributed by atoms with Crippen LogP contribution in [0.25, 0.3) is 0 Å². The topological polar surface area (TPSA) is 58.4 Å². The van der Waals surface area contributed by atoms with Crippen molar-refractivity contribution in [2.45, 2.75) is 20.4 Å². The number of anilines is 1. The van der Waals surface area contributed by atoms with E-state index in [2.05, 4.69) is 5.43 Å². The van der Waals surface area contributed by atoms with Gasteiger partial charge in [-0.2, -0.15) is 0 Å². The van der Waals surface area contributed by atoms with Crippen molar-refractivity contribution in [3.63, 3.8) is 0 Å². The van der Waals surface area contributed by atoms with Gasteiger partial charge >= 0.3 is 0 Å². The van der Waals surface area contributed by atoms with Gasteiger partial charge in [0, 0.05) is 13.6 Å². The number of hydrazine groups is 1. The summed E-state index contributed by atoms with van der Waals surface area (Å²) in [5.41, 5.74) is 7.19. The summed E-state index contributed by atoms with van der Waals surface area (Å²) < 4.78 is 0. The van der Waals surface area contributed by atoms with Crippen molar-refractivity contribution in [1.82, 2.24) is 4.90 Å². The van der Waals surface area contributed by atoms with Crippen LogP contribution < -0.4 is 11.3 Å². The van der Waals surface area contributed by atoms with E-state index in [-0.39, 0.29) is 5.91 Å². The first-order chi connectivity index (χ1) is 10.0. The Balaban J connectivity index is 2.17. The quantitative estimate of drug-likeness (QED) is 0.670. The number of benzene rings is 2. The summed E-state index contributed by atoms with van der Waals surface area (Å²) in [7, 11) is 1.79. The average Bonchev–Trinajstić information content (AvgIpc) is 2.48. The molecule has 0 radical (unpaired) electrons. The summed E-state index contributed by atoms with van der Waals surface area (Å²) in [6.45, 7) is 4.58. The van der Waals surface area contributed by atoms with Gasteiger partial charge in [0.05, 0.1) is 11.3 Å². The number of carbonyl (C=O) groups is 1. The Bertz CT molecular complexity index is 635. The molecular weight excluding hydrogens is 262 g/mol. The fourth-order valence-corrected chi connectivity index (χ4v) is 2.21. The van der Waals surface area contributed by atoms with Gasteiger partial charge in [0.25, 0.3) is 5.91 Å². The van der Waals surface area contributed by atoms with E-state index in [4.69, 9.17) is 5.84 Å². The lowest BCUT2D eigenvalue weighted by atomic mass is 10.1. The van der Waals surface area contributed by atoms with Crippen LogP contribution in [0.15, 0.2) is 42.5 Å². The van der Waals surface area contributed by atoms with Crippen molar-refractivity contribution in [2.24, 2.45) is 5.84 Å². The van der Waals surface area contributed by atoms with Crippen molar-refractivity contribution in [1.29, 1.82) is 0 Å². The summed E-state index contributed by atoms with van der Waals surface area (Å²) >= 11 is 0. The predicted octanol–water partition coefficient (Wildman–Crippen LogP) is 2.86. The van der Waals surface area contributed by atoms with Gasteiger partial charge in [0.2, 0.25) is 0 Å². The molecule has 0 bridgehead atoms. The smallest absolute Gasteiger partial charge is 0.256 e. The molecule has 4 nitrogen and oxygen atoms in total. The second-order valence-electron chi connectivity index (χ2n) is 5.34. The number of nitrogen functional groups attached to an aromatic ring is 1. The highest BCUT2D eigenvalue weighted by molar-refractivity contribution is 5.99. The third-order valence-corrected chi connectivity index (χ3v) is 3.45. The minimum Gasteiger partial charge on any atom is -0.337 e. The fourth-order valence-electron chi connectivity index (χ4n) is 2.21. The highest BCUT2D eigenvalue weighted by Gasteiger charge is 2.15. The number of nitrogens with two attached hydrogens (primary N) is 1. The summed E-state index contributed by atoms with van der Waals surface area (Å²) in [4.78, 5) is 14.2. The van der Waals surface area contributed by atoms with E-state index in [0.717, 1.165) is 11.1 Å². The van der Waals surface area contributed by atoms with Gasteiger partial charge in [0.15, 0.2) is 0 Å². The van der Waals surface area contributed by atoms with E-state index in [1.165, 1.54) is 5.56 Å². The second-order valence-corrected chi connectivity index (χ2v) is 5.34. The Hall–Kier alpha value is -2.33. The second kappa shape index (κ2) is 6.41. The van der Waals surface area contributed by atoms with Gasteiger partial charge in [0.1, 0.15) is 0 Å². The van der Waals surface area contributed by atoms with Crippen molar-refractivity contribution in [3.05, 3.63) is 64.7 Å². The summed E-state index contributed by atoms with van der Waals surface area (Å²) in [5, 5.41) is 0. The van der Waals surface area contributed by atoms with Gasteiger partial charge in [-0.1, -0.05) is 35.9 Å². The number of aryl methyl sites for hydroxylation is 2. The zero-order valence-electron chi connectivity index (χ0n) is 12.7. The van der Waals surface area contributed by atoms with Crippen LogP contribution in [0.2, 0.25) is 0 Å². The molecule has 0 aliphatic carbocycles. The zero-order chi connectivity index (χ0) is 15.4. The Labute approximate surface area is 125 Å². The van der Waals surface area contributed by atoms with Gasteiger partial charge in [-0.3, -0.25) is 10.6 Å². The van der Waals surface area contributed by atoms with Crippen LogP contribution in [0.5, 0.6) is 0 Å². The van der Waals surface area contributed by atoms with Crippen LogP contribution >= 0.6 is 0 Å². The lowest BCUT2D eigenvalue weighted by Gasteiger charge is -2.19. The summed E-state index contributed by atoms with van der Waals surface area (Å²) in [6, 6.07) is 13.8. The van der Waals surface area contributed by atoms with Crippen molar-refractivity contribution < 1.29 is 4.79 Å². The molecule has 4 heteroatoms. The number of amides is 1. The van der Waals surface area contributed by atoms with E-state index in [1.54, 1.807) is 18.0 Å². The number of rotatable bonds is 4. The lowest BCUT2D eigenvalue weighted by Crippen LogP contribution is -2.27. The molecule has 1 amide bonds. The van der Waals surface area contributed by atoms with Crippen LogP contribution in [-0.4, -0.2) is 17.9 Å². The standard InChI is InChI=1S/C17H21N3O/c1-12-4-7-14(8-5-12)11-20(3)17(21)15-9-6-13(2)10-16(15)19-18/h4-10,19H,11,18H2,1-3H3. The van der Waals surface area contributed by atoms with Crippen LogP contribution in [0.4, 0.5) is 5.69 Å². The normalized spacial score (nSPS) is 10.3. The van der Waals surface area contributed by atoms with E-state index in [0.29, 0.717) is 17.8 Å². The maximum Gasteiger partial charge on any atom is 0.256 e. The molecule has 0 saturated heterocycles. The third kappa shape index (κ3) is 3.61. The number of nitrogens with one attached hydrogen (secondary N) is 1. The van der Waals surface area contributed by atoms with Crippen LogP contribution in [-0.2, 0) is 6.54 Å². The Morgan fingerprint density at radius 1 is 1.10 bits per heavy atom. The SMILES string of the molecule is Cc1ccc(CN(C)C(=O)c2ccc(C)cc2NN)cc1. The molecule has 110 valence electrons. The van der Waals surface area contributed by atoms with E-state index < -0.39 is 0 Å². The van der Waals surface area contributed by atoms with Gasteiger partial charge < -0.3 is 10.3 Å². The van der Waals surface area contributed by atoms with E-state index >= 15 is 0 Å². The molecule has 0 aliphatic heterocycles. The molecule has 0 saturated carbocycles. The number of nitrogens with zero attached hydrogens (tertiary/aromatic N) is 1. The maximum atomic E-state index is 12.5. The molecule has 2 aromatic rings. The van der Waals surface area contributed by atoms with Crippen molar-refractivity contribution in [3.8, 4) is 0 Å². The number of hydrogen-bond acceptors (Lipinski definition) is 3. The highest BCUT2D eigenvalue weighted by Crippen LogP contribution is 2.19. The molecule has 0 fully saturated rings. The first-order valence-electron chi connectivity index (χ1n) is 6.89. The lowest BCUT2D eigenvalue weighted by molar-refractivity contribution is 0.0786. The third-order valence-electron chi connectivity index (χ3n) is 3.45. The molecule has 0 aliphatic rings. The van der Waals surface area contributed by atoms with Crippen LogP contribution in [0.1, 0.15) is 27.0 Å². The van der Waals surface area contributed by atoms with Crippen molar-refractivity contribution in [2.75, 3.05) is 12.5 Å². The monoisotopic (exact) mass is 283 g/mol. The average molecular weight is 283 g/mol. The van der Waals surface area contributed by atoms with Crippen LogP contribution in [0.3, 0.4) is 0 Å². The van der Waals surface area contributed by atoms with Gasteiger partial charge in [-0.05, 0) is 37.1 Å². The van der Waals surface area contributed by atoms with Gasteiger partial charge in [-0.15, -0.1) is 0 Å². The largest absolute Gasteiger partial charge is 0.337 e. The van der Waals surface area contributed by atoms with E-state index in [9.17, 15) is 4.79 Å². The Morgan fingerprint density at radius 3 is 2.33 bits per heavy atom. The first kappa shape index (κ1) is 15.1. The molecular formula is C17H21N3O. The molecule has 0 unspecified atom stereocenters. The van der Waals surface area contributed by atoms with Gasteiger partial charge in [-0.25, -0.2) is 0 Å². The molecule has 2 aromatic carbocycles. The minimum absolute atomic E-state index is 0.0523. The molecule has 3 N–H and O–H groups in total. The Kier molecular flexibility index (Phi) is 4.60. The zero-order valence-corrected chi connectivity index (χ0v) is 12.7. The maximum absolute atomic E-state index is 12.5. The molecule has 21 heavy (non-hydrogen) atoms. The summed E-state index contributed by atoms with van der Waals surface area (Å²) in [5.74, 6) is 5.45. The molecule has 0 spiro atoms.